The predicted molar refractivity (Wildman–Crippen MR) is 101 cm³/mol. The maximum Gasteiger partial charge on any atom is 0.322 e. The normalized spacial score (nSPS) is 17.0. The first kappa shape index (κ1) is 15.9. The second-order valence-electron chi connectivity index (χ2n) is 6.21. The molecule has 25 heavy (non-hydrogen) atoms. The van der Waals surface area contributed by atoms with Gasteiger partial charge in [-0.3, -0.25) is 4.98 Å². The highest BCUT2D eigenvalue weighted by molar-refractivity contribution is 6.31. The average molecular weight is 352 g/mol. The van der Waals surface area contributed by atoms with Crippen molar-refractivity contribution in [3.05, 3.63) is 71.5 Å². The molecule has 1 aliphatic rings. The van der Waals surface area contributed by atoms with E-state index in [4.69, 9.17) is 11.6 Å². The predicted octanol–water partition coefficient (Wildman–Crippen LogP) is 5.26. The van der Waals surface area contributed by atoms with E-state index in [1.165, 1.54) is 0 Å². The molecule has 0 saturated carbocycles. The Hall–Kier alpha value is -2.59. The maximum absolute atomic E-state index is 12.9. The molecule has 0 spiro atoms. The van der Waals surface area contributed by atoms with Crippen LogP contribution in [0, 0.1) is 0 Å². The summed E-state index contributed by atoms with van der Waals surface area (Å²) in [5, 5.41) is 5.76. The molecule has 1 aliphatic heterocycles. The van der Waals surface area contributed by atoms with Gasteiger partial charge >= 0.3 is 6.03 Å². The number of carbonyl (C=O) groups excluding carboxylic acids is 1. The summed E-state index contributed by atoms with van der Waals surface area (Å²) in [6.45, 7) is 0.730. The SMILES string of the molecule is O=C(Nc1cccc2cnccc12)N1CCC[C@H]1c1ccccc1Cl. The lowest BCUT2D eigenvalue weighted by Gasteiger charge is -2.26. The van der Waals surface area contributed by atoms with Crippen molar-refractivity contribution in [1.82, 2.24) is 9.88 Å². The van der Waals surface area contributed by atoms with Crippen LogP contribution in [0.4, 0.5) is 10.5 Å². The number of fused-ring (bicyclic) bond motifs is 1. The third kappa shape index (κ3) is 3.05. The minimum absolute atomic E-state index is 0.0188. The van der Waals surface area contributed by atoms with Crippen LogP contribution in [0.1, 0.15) is 24.4 Å². The largest absolute Gasteiger partial charge is 0.322 e. The van der Waals surface area contributed by atoms with E-state index in [2.05, 4.69) is 10.3 Å². The van der Waals surface area contributed by atoms with Crippen LogP contribution in [0.2, 0.25) is 5.02 Å². The summed E-state index contributed by atoms with van der Waals surface area (Å²) in [6, 6.07) is 15.4. The van der Waals surface area contributed by atoms with E-state index in [0.717, 1.165) is 41.4 Å². The molecule has 1 aromatic heterocycles. The van der Waals surface area contributed by atoms with E-state index in [-0.39, 0.29) is 12.1 Å². The zero-order valence-electron chi connectivity index (χ0n) is 13.7. The highest BCUT2D eigenvalue weighted by atomic mass is 35.5. The number of amides is 2. The monoisotopic (exact) mass is 351 g/mol. The minimum atomic E-state index is -0.0910. The zero-order chi connectivity index (χ0) is 17.2. The van der Waals surface area contributed by atoms with Gasteiger partial charge in [0, 0.05) is 34.7 Å². The summed E-state index contributed by atoms with van der Waals surface area (Å²) in [5.41, 5.74) is 1.81. The summed E-state index contributed by atoms with van der Waals surface area (Å²) < 4.78 is 0. The van der Waals surface area contributed by atoms with Crippen molar-refractivity contribution in [1.29, 1.82) is 0 Å². The van der Waals surface area contributed by atoms with Gasteiger partial charge in [0.15, 0.2) is 0 Å². The molecule has 2 aromatic carbocycles. The van der Waals surface area contributed by atoms with Gasteiger partial charge in [0.25, 0.3) is 0 Å². The highest BCUT2D eigenvalue weighted by Crippen LogP contribution is 2.36. The van der Waals surface area contributed by atoms with Gasteiger partial charge < -0.3 is 10.2 Å². The van der Waals surface area contributed by atoms with Gasteiger partial charge in [0.1, 0.15) is 0 Å². The molecule has 0 bridgehead atoms. The Morgan fingerprint density at radius 3 is 2.92 bits per heavy atom. The van der Waals surface area contributed by atoms with Crippen molar-refractivity contribution in [2.24, 2.45) is 0 Å². The van der Waals surface area contributed by atoms with Crippen LogP contribution < -0.4 is 5.32 Å². The van der Waals surface area contributed by atoms with Gasteiger partial charge in [0.2, 0.25) is 0 Å². The topological polar surface area (TPSA) is 45.2 Å². The molecule has 126 valence electrons. The van der Waals surface area contributed by atoms with Crippen molar-refractivity contribution >= 4 is 34.1 Å². The standard InChI is InChI=1S/C20H18ClN3O/c21-17-7-2-1-6-16(17)19-9-4-12-24(19)20(25)23-18-8-3-5-14-13-22-11-10-15(14)18/h1-3,5-8,10-11,13,19H,4,9,12H2,(H,23,25)/t19-/m0/s1. The second-order valence-corrected chi connectivity index (χ2v) is 6.61. The fourth-order valence-corrected chi connectivity index (χ4v) is 3.76. The first-order valence-electron chi connectivity index (χ1n) is 8.39. The van der Waals surface area contributed by atoms with Crippen molar-refractivity contribution in [3.63, 3.8) is 0 Å². The number of halogens is 1. The average Bonchev–Trinajstić information content (AvgIpc) is 3.12. The van der Waals surface area contributed by atoms with Crippen LogP contribution in [-0.4, -0.2) is 22.5 Å². The van der Waals surface area contributed by atoms with E-state index in [0.29, 0.717) is 5.02 Å². The highest BCUT2D eigenvalue weighted by Gasteiger charge is 2.31. The zero-order valence-corrected chi connectivity index (χ0v) is 14.4. The fraction of sp³-hybridized carbons (Fsp3) is 0.200. The first-order chi connectivity index (χ1) is 12.2. The van der Waals surface area contributed by atoms with Crippen molar-refractivity contribution in [2.45, 2.75) is 18.9 Å². The van der Waals surface area contributed by atoms with Crippen LogP contribution >= 0.6 is 11.6 Å². The van der Waals surface area contributed by atoms with Gasteiger partial charge in [-0.1, -0.05) is 41.9 Å². The number of carbonyl (C=O) groups is 1. The van der Waals surface area contributed by atoms with Crippen LogP contribution in [0.3, 0.4) is 0 Å². The Labute approximate surface area is 151 Å². The lowest BCUT2D eigenvalue weighted by molar-refractivity contribution is 0.207. The molecule has 1 saturated heterocycles. The molecule has 4 nitrogen and oxygen atoms in total. The number of pyridine rings is 1. The smallest absolute Gasteiger partial charge is 0.317 e. The Balaban J connectivity index is 1.61. The fourth-order valence-electron chi connectivity index (χ4n) is 3.50. The first-order valence-corrected chi connectivity index (χ1v) is 8.76. The molecule has 1 atom stereocenters. The lowest BCUT2D eigenvalue weighted by atomic mass is 10.0. The van der Waals surface area contributed by atoms with Crippen LogP contribution in [0.5, 0.6) is 0 Å². The Bertz CT molecular complexity index is 922. The molecule has 0 radical (unpaired) electrons. The van der Waals surface area contributed by atoms with Gasteiger partial charge in [0.05, 0.1) is 11.7 Å². The van der Waals surface area contributed by atoms with Gasteiger partial charge in [-0.25, -0.2) is 4.79 Å². The third-order valence-electron chi connectivity index (χ3n) is 4.70. The molecule has 3 aromatic rings. The Morgan fingerprint density at radius 2 is 2.04 bits per heavy atom. The van der Waals surface area contributed by atoms with E-state index in [9.17, 15) is 4.79 Å². The van der Waals surface area contributed by atoms with Crippen molar-refractivity contribution < 1.29 is 4.79 Å². The summed E-state index contributed by atoms with van der Waals surface area (Å²) in [6.07, 6.45) is 5.44. The van der Waals surface area contributed by atoms with Crippen molar-refractivity contribution in [2.75, 3.05) is 11.9 Å². The third-order valence-corrected chi connectivity index (χ3v) is 5.04. The quantitative estimate of drug-likeness (QED) is 0.684. The molecule has 0 aliphatic carbocycles. The number of benzene rings is 2. The number of hydrogen-bond acceptors (Lipinski definition) is 2. The molecular formula is C20H18ClN3O. The molecule has 4 rings (SSSR count). The molecule has 2 heterocycles. The number of anilines is 1. The Kier molecular flexibility index (Phi) is 4.28. The van der Waals surface area contributed by atoms with E-state index in [1.807, 2.05) is 53.4 Å². The van der Waals surface area contributed by atoms with Crippen molar-refractivity contribution in [3.8, 4) is 0 Å². The molecule has 1 N–H and O–H groups in total. The van der Waals surface area contributed by atoms with Crippen LogP contribution in [-0.2, 0) is 0 Å². The Morgan fingerprint density at radius 1 is 1.16 bits per heavy atom. The molecule has 2 amide bonds. The summed E-state index contributed by atoms with van der Waals surface area (Å²) >= 11 is 6.35. The van der Waals surface area contributed by atoms with E-state index in [1.54, 1.807) is 12.4 Å². The number of nitrogens with one attached hydrogen (secondary N) is 1. The van der Waals surface area contributed by atoms with E-state index < -0.39 is 0 Å². The lowest BCUT2D eigenvalue weighted by Crippen LogP contribution is -2.34. The number of rotatable bonds is 2. The summed E-state index contributed by atoms with van der Waals surface area (Å²) in [7, 11) is 0. The number of urea groups is 1. The summed E-state index contributed by atoms with van der Waals surface area (Å²) in [4.78, 5) is 18.9. The van der Waals surface area contributed by atoms with Gasteiger partial charge in [-0.2, -0.15) is 0 Å². The van der Waals surface area contributed by atoms with E-state index >= 15 is 0 Å². The van der Waals surface area contributed by atoms with Crippen LogP contribution in [0.15, 0.2) is 60.9 Å². The minimum Gasteiger partial charge on any atom is -0.317 e. The van der Waals surface area contributed by atoms with Gasteiger partial charge in [-0.15, -0.1) is 0 Å². The maximum atomic E-state index is 12.9. The molecule has 0 unspecified atom stereocenters. The molecule has 5 heteroatoms. The summed E-state index contributed by atoms with van der Waals surface area (Å²) in [5.74, 6) is 0. The second kappa shape index (κ2) is 6.73. The van der Waals surface area contributed by atoms with Crippen LogP contribution in [0.25, 0.3) is 10.8 Å². The number of hydrogen-bond donors (Lipinski definition) is 1. The molecule has 1 fully saturated rings. The number of aromatic nitrogens is 1. The molecular weight excluding hydrogens is 334 g/mol. The van der Waals surface area contributed by atoms with Gasteiger partial charge in [-0.05, 0) is 36.6 Å². The number of likely N-dealkylation sites (tertiary alicyclic amines) is 1. The number of nitrogens with zero attached hydrogens (tertiary/aromatic N) is 2.